The lowest BCUT2D eigenvalue weighted by Gasteiger charge is -2.13. The van der Waals surface area contributed by atoms with E-state index in [-0.39, 0.29) is 11.9 Å². The van der Waals surface area contributed by atoms with Crippen molar-refractivity contribution in [3.05, 3.63) is 63.9 Å². The Kier molecular flexibility index (Phi) is 8.10. The summed E-state index contributed by atoms with van der Waals surface area (Å²) in [6.07, 6.45) is 5.16. The van der Waals surface area contributed by atoms with Gasteiger partial charge in [-0.05, 0) is 68.3 Å². The predicted molar refractivity (Wildman–Crippen MR) is 123 cm³/mol. The van der Waals surface area contributed by atoms with Crippen molar-refractivity contribution >= 4 is 28.1 Å². The molecule has 3 aromatic rings. The van der Waals surface area contributed by atoms with Gasteiger partial charge in [0, 0.05) is 0 Å². The summed E-state index contributed by atoms with van der Waals surface area (Å²) in [5, 5.41) is 7.93. The average molecular weight is 458 g/mol. The number of carbonyl (C=O) groups is 1. The van der Waals surface area contributed by atoms with E-state index in [1.807, 2.05) is 19.9 Å². The van der Waals surface area contributed by atoms with Crippen molar-refractivity contribution in [2.45, 2.75) is 59.0 Å². The van der Waals surface area contributed by atoms with E-state index in [0.29, 0.717) is 20.6 Å². The second kappa shape index (κ2) is 11.0. The zero-order valence-corrected chi connectivity index (χ0v) is 19.3. The fourth-order valence-electron chi connectivity index (χ4n) is 3.17. The van der Waals surface area contributed by atoms with Crippen LogP contribution in [0.5, 0.6) is 5.75 Å². The molecule has 1 aromatic heterocycles. The van der Waals surface area contributed by atoms with Crippen molar-refractivity contribution in [2.24, 2.45) is 0 Å². The Hall–Kier alpha value is -3.07. The number of nitrogens with zero attached hydrogens (tertiary/aromatic N) is 3. The first-order valence-corrected chi connectivity index (χ1v) is 11.7. The fourth-order valence-corrected chi connectivity index (χ4v) is 3.85. The van der Waals surface area contributed by atoms with Gasteiger partial charge in [0.25, 0.3) is 5.56 Å². The van der Waals surface area contributed by atoms with Gasteiger partial charge in [0.05, 0.1) is 17.1 Å². The Labute approximate surface area is 189 Å². The van der Waals surface area contributed by atoms with Crippen LogP contribution in [-0.2, 0) is 16.0 Å². The smallest absolute Gasteiger partial charge is 0.344 e. The van der Waals surface area contributed by atoms with Crippen molar-refractivity contribution in [3.63, 3.8) is 0 Å². The van der Waals surface area contributed by atoms with E-state index in [1.54, 1.807) is 12.1 Å². The number of benzene rings is 2. The summed E-state index contributed by atoms with van der Waals surface area (Å²) in [7, 11) is 0. The summed E-state index contributed by atoms with van der Waals surface area (Å²) in [6.45, 7) is 5.88. The highest BCUT2D eigenvalue weighted by molar-refractivity contribution is 7.78. The average Bonchev–Trinajstić information content (AvgIpc) is 2.77. The van der Waals surface area contributed by atoms with Crippen molar-refractivity contribution in [2.75, 3.05) is 0 Å². The van der Waals surface area contributed by atoms with Gasteiger partial charge in [-0.1, -0.05) is 41.9 Å². The molecule has 0 fully saturated rings. The van der Waals surface area contributed by atoms with Crippen LogP contribution in [0, 0.1) is 6.92 Å². The maximum absolute atomic E-state index is 12.6. The highest BCUT2D eigenvalue weighted by Gasteiger charge is 2.15. The molecule has 0 N–H and O–H groups in total. The number of ether oxygens (including phenoxy) is 1. The first-order chi connectivity index (χ1) is 15.4. The lowest BCUT2D eigenvalue weighted by molar-refractivity contribution is 0.0319. The monoisotopic (exact) mass is 457 g/mol. The first-order valence-electron chi connectivity index (χ1n) is 10.7. The molecule has 0 saturated heterocycles. The maximum atomic E-state index is 12.6. The van der Waals surface area contributed by atoms with Gasteiger partial charge in [-0.15, -0.1) is 5.10 Å². The Morgan fingerprint density at radius 1 is 1.12 bits per heavy atom. The third-order valence-electron chi connectivity index (χ3n) is 4.96. The lowest BCUT2D eigenvalue weighted by Crippen LogP contribution is -2.29. The minimum atomic E-state index is -2.23. The van der Waals surface area contributed by atoms with Crippen molar-refractivity contribution in [1.82, 2.24) is 14.4 Å². The molecule has 0 amide bonds. The maximum Gasteiger partial charge on any atom is 0.344 e. The van der Waals surface area contributed by atoms with Gasteiger partial charge >= 0.3 is 17.2 Å². The summed E-state index contributed by atoms with van der Waals surface area (Å²) < 4.78 is 24.0. The first kappa shape index (κ1) is 23.6. The van der Waals surface area contributed by atoms with Crippen LogP contribution in [0.4, 0.5) is 0 Å². The highest BCUT2D eigenvalue weighted by Crippen LogP contribution is 2.16. The third-order valence-corrected chi connectivity index (χ3v) is 5.82. The Morgan fingerprint density at radius 3 is 2.59 bits per heavy atom. The van der Waals surface area contributed by atoms with Gasteiger partial charge in [0.15, 0.2) is 0 Å². The van der Waals surface area contributed by atoms with Crippen LogP contribution in [0.25, 0.3) is 10.9 Å². The molecular weight excluding hydrogens is 430 g/mol. The Morgan fingerprint density at radius 2 is 1.88 bits per heavy atom. The normalized spacial score (nSPS) is 13.0. The number of carbonyl (C=O) groups excluding carboxylic acids is 1. The zero-order valence-electron chi connectivity index (χ0n) is 18.4. The van der Waals surface area contributed by atoms with E-state index >= 15 is 0 Å². The quantitative estimate of drug-likeness (QED) is 0.333. The van der Waals surface area contributed by atoms with E-state index < -0.39 is 22.8 Å². The van der Waals surface area contributed by atoms with E-state index in [4.69, 9.17) is 8.92 Å². The van der Waals surface area contributed by atoms with Gasteiger partial charge in [0.1, 0.15) is 11.3 Å². The van der Waals surface area contributed by atoms with Gasteiger partial charge in [0.2, 0.25) is 0 Å². The predicted octanol–water partition coefficient (Wildman–Crippen LogP) is 4.12. The number of hydrogen-bond donors (Lipinski definition) is 0. The van der Waals surface area contributed by atoms with Gasteiger partial charge in [-0.25, -0.2) is 4.79 Å². The molecule has 0 aliphatic heterocycles. The van der Waals surface area contributed by atoms with E-state index in [1.165, 1.54) is 30.7 Å². The molecule has 0 spiro atoms. The molecule has 0 aliphatic rings. The number of esters is 1. The topological polar surface area (TPSA) is 100 Å². The Bertz CT molecular complexity index is 1160. The SMILES string of the molecule is CCCCCCC(C)OC(=O)c1ccc(OS(=O)n2nnc3ccc(C)cc3c2=O)cc1. The number of fused-ring (bicyclic) bond motifs is 1. The number of aryl methyl sites for hydroxylation is 1. The van der Waals surface area contributed by atoms with Crippen LogP contribution < -0.4 is 9.74 Å². The number of unbranched alkanes of at least 4 members (excludes halogenated alkanes) is 3. The standard InChI is InChI=1S/C23H27N3O5S/c1-4-5-6-7-8-17(3)30-23(28)18-10-12-19(13-11-18)31-32(29)26-22(27)20-15-16(2)9-14-21(20)24-25-26/h9-15,17H,4-8H2,1-3H3. The molecule has 8 nitrogen and oxygen atoms in total. The van der Waals surface area contributed by atoms with Crippen LogP contribution in [0.1, 0.15) is 61.9 Å². The van der Waals surface area contributed by atoms with Gasteiger partial charge in [-0.3, -0.25) is 4.79 Å². The molecule has 0 aliphatic carbocycles. The van der Waals surface area contributed by atoms with Crippen LogP contribution in [-0.4, -0.2) is 30.7 Å². The molecular formula is C23H27N3O5S. The fraction of sp³-hybridized carbons (Fsp3) is 0.391. The number of hydrogen-bond acceptors (Lipinski definition) is 7. The second-order valence-corrected chi connectivity index (χ2v) is 8.62. The molecule has 2 atom stereocenters. The molecule has 32 heavy (non-hydrogen) atoms. The number of rotatable bonds is 10. The van der Waals surface area contributed by atoms with E-state index in [9.17, 15) is 13.8 Å². The van der Waals surface area contributed by atoms with Crippen molar-refractivity contribution in [3.8, 4) is 5.75 Å². The van der Waals surface area contributed by atoms with Crippen molar-refractivity contribution < 1.29 is 17.9 Å². The number of aromatic nitrogens is 3. The summed E-state index contributed by atoms with van der Waals surface area (Å²) in [4.78, 5) is 24.9. The largest absolute Gasteiger partial charge is 0.459 e. The molecule has 9 heteroatoms. The molecule has 2 aromatic carbocycles. The zero-order chi connectivity index (χ0) is 23.1. The highest BCUT2D eigenvalue weighted by atomic mass is 32.2. The molecule has 170 valence electrons. The molecule has 3 rings (SSSR count). The summed E-state index contributed by atoms with van der Waals surface area (Å²) >= 11 is -2.23. The molecule has 0 saturated carbocycles. The third kappa shape index (κ3) is 6.00. The molecule has 2 unspecified atom stereocenters. The molecule has 0 radical (unpaired) electrons. The van der Waals surface area contributed by atoms with Gasteiger partial charge < -0.3 is 8.92 Å². The van der Waals surface area contributed by atoms with Crippen LogP contribution in [0.15, 0.2) is 47.3 Å². The van der Waals surface area contributed by atoms with E-state index in [2.05, 4.69) is 17.2 Å². The van der Waals surface area contributed by atoms with Crippen molar-refractivity contribution in [1.29, 1.82) is 0 Å². The van der Waals surface area contributed by atoms with E-state index in [0.717, 1.165) is 31.2 Å². The minimum Gasteiger partial charge on any atom is -0.459 e. The van der Waals surface area contributed by atoms with Crippen LogP contribution in [0.3, 0.4) is 0 Å². The molecule has 0 bridgehead atoms. The van der Waals surface area contributed by atoms with Crippen LogP contribution >= 0.6 is 0 Å². The molecule has 1 heterocycles. The minimum absolute atomic E-state index is 0.162. The second-order valence-electron chi connectivity index (χ2n) is 7.68. The summed E-state index contributed by atoms with van der Waals surface area (Å²) in [6, 6.07) is 11.2. The van der Waals surface area contributed by atoms with Crippen LogP contribution in [0.2, 0.25) is 0 Å². The lowest BCUT2D eigenvalue weighted by atomic mass is 10.1. The summed E-state index contributed by atoms with van der Waals surface area (Å²) in [5.74, 6) is -0.210. The summed E-state index contributed by atoms with van der Waals surface area (Å²) in [5.41, 5.74) is 1.08. The van der Waals surface area contributed by atoms with Gasteiger partial charge in [-0.2, -0.15) is 4.21 Å². The Balaban J connectivity index is 1.62.